The molecule has 1 aromatic rings. The van der Waals surface area contributed by atoms with Crippen molar-refractivity contribution in [3.8, 4) is 0 Å². The van der Waals surface area contributed by atoms with Crippen molar-refractivity contribution in [2.75, 3.05) is 14.1 Å². The molecule has 23 heavy (non-hydrogen) atoms. The van der Waals surface area contributed by atoms with E-state index in [-0.39, 0.29) is 16.5 Å². The zero-order valence-corrected chi connectivity index (χ0v) is 14.7. The SMILES string of the molecule is CC(C(=O)O)N(C)C(=O)c1ccc(S(=O)(=O)N(C)C(C)C)cc1. The Kier molecular flexibility index (Phi) is 5.90. The Morgan fingerprint density at radius 1 is 1.04 bits per heavy atom. The van der Waals surface area contributed by atoms with Gasteiger partial charge < -0.3 is 10.0 Å². The molecule has 1 amide bonds. The average Bonchev–Trinajstić information content (AvgIpc) is 2.51. The maximum absolute atomic E-state index is 12.3. The van der Waals surface area contributed by atoms with Gasteiger partial charge in [-0.1, -0.05) is 0 Å². The molecule has 1 aromatic carbocycles. The lowest BCUT2D eigenvalue weighted by Crippen LogP contribution is -2.40. The number of rotatable bonds is 6. The van der Waals surface area contributed by atoms with Crippen LogP contribution < -0.4 is 0 Å². The zero-order valence-electron chi connectivity index (χ0n) is 13.8. The van der Waals surface area contributed by atoms with Crippen molar-refractivity contribution in [1.29, 1.82) is 0 Å². The van der Waals surface area contributed by atoms with Crippen LogP contribution in [0.5, 0.6) is 0 Å². The van der Waals surface area contributed by atoms with Gasteiger partial charge in [-0.25, -0.2) is 13.2 Å². The minimum absolute atomic E-state index is 0.0826. The first-order chi connectivity index (χ1) is 10.5. The van der Waals surface area contributed by atoms with Gasteiger partial charge in [-0.3, -0.25) is 4.79 Å². The van der Waals surface area contributed by atoms with Gasteiger partial charge in [0.25, 0.3) is 5.91 Å². The van der Waals surface area contributed by atoms with E-state index in [4.69, 9.17) is 5.11 Å². The van der Waals surface area contributed by atoms with Gasteiger partial charge in [-0.05, 0) is 45.0 Å². The van der Waals surface area contributed by atoms with Crippen molar-refractivity contribution in [2.24, 2.45) is 0 Å². The van der Waals surface area contributed by atoms with Gasteiger partial charge in [-0.15, -0.1) is 0 Å². The van der Waals surface area contributed by atoms with Crippen molar-refractivity contribution in [2.45, 2.75) is 37.8 Å². The predicted octanol–water partition coefficient (Wildman–Crippen LogP) is 1.26. The molecule has 8 heteroatoms. The maximum Gasteiger partial charge on any atom is 0.326 e. The number of amides is 1. The zero-order chi connectivity index (χ0) is 17.9. The van der Waals surface area contributed by atoms with Crippen molar-refractivity contribution in [1.82, 2.24) is 9.21 Å². The van der Waals surface area contributed by atoms with E-state index in [1.807, 2.05) is 0 Å². The molecule has 1 atom stereocenters. The van der Waals surface area contributed by atoms with Crippen LogP contribution >= 0.6 is 0 Å². The van der Waals surface area contributed by atoms with Crippen molar-refractivity contribution in [3.05, 3.63) is 29.8 Å². The van der Waals surface area contributed by atoms with Gasteiger partial charge >= 0.3 is 5.97 Å². The number of carbonyl (C=O) groups is 2. The number of aliphatic carboxylic acids is 1. The van der Waals surface area contributed by atoms with Gasteiger partial charge in [0.05, 0.1) is 4.90 Å². The number of likely N-dealkylation sites (N-methyl/N-ethyl adjacent to an activating group) is 1. The Morgan fingerprint density at radius 2 is 1.52 bits per heavy atom. The second-order valence-electron chi connectivity index (χ2n) is 5.57. The molecule has 0 aliphatic carbocycles. The quantitative estimate of drug-likeness (QED) is 0.840. The summed E-state index contributed by atoms with van der Waals surface area (Å²) >= 11 is 0. The molecule has 0 bridgehead atoms. The molecular formula is C15H22N2O5S. The average molecular weight is 342 g/mol. The van der Waals surface area contributed by atoms with E-state index >= 15 is 0 Å². The number of hydrogen-bond donors (Lipinski definition) is 1. The lowest BCUT2D eigenvalue weighted by Gasteiger charge is -2.22. The molecule has 128 valence electrons. The summed E-state index contributed by atoms with van der Waals surface area (Å²) in [7, 11) is -0.742. The minimum atomic E-state index is -3.62. The fourth-order valence-corrected chi connectivity index (χ4v) is 3.13. The molecule has 0 aliphatic heterocycles. The number of carboxylic acid groups (broad SMARTS) is 1. The summed E-state index contributed by atoms with van der Waals surface area (Å²) in [4.78, 5) is 24.3. The first-order valence-corrected chi connectivity index (χ1v) is 8.52. The summed E-state index contributed by atoms with van der Waals surface area (Å²) < 4.78 is 25.9. The second-order valence-corrected chi connectivity index (χ2v) is 7.57. The van der Waals surface area contributed by atoms with Crippen LogP contribution in [0.4, 0.5) is 0 Å². The molecule has 0 saturated heterocycles. The first kappa shape index (κ1) is 19.1. The molecule has 0 heterocycles. The number of hydrogen-bond acceptors (Lipinski definition) is 4. The van der Waals surface area contributed by atoms with Crippen molar-refractivity contribution in [3.63, 3.8) is 0 Å². The number of carboxylic acids is 1. The molecule has 1 unspecified atom stereocenters. The van der Waals surface area contributed by atoms with Gasteiger partial charge in [-0.2, -0.15) is 4.31 Å². The Labute approximate surface area is 136 Å². The largest absolute Gasteiger partial charge is 0.480 e. The van der Waals surface area contributed by atoms with Crippen LogP contribution in [0.3, 0.4) is 0 Å². The Morgan fingerprint density at radius 3 is 1.91 bits per heavy atom. The summed E-state index contributed by atoms with van der Waals surface area (Å²) in [5.74, 6) is -1.60. The van der Waals surface area contributed by atoms with E-state index in [0.29, 0.717) is 0 Å². The molecule has 0 spiro atoms. The number of benzene rings is 1. The summed E-state index contributed by atoms with van der Waals surface area (Å²) in [6.07, 6.45) is 0. The van der Waals surface area contributed by atoms with Gasteiger partial charge in [0.2, 0.25) is 10.0 Å². The number of nitrogens with zero attached hydrogens (tertiary/aromatic N) is 2. The maximum atomic E-state index is 12.3. The number of sulfonamides is 1. The van der Waals surface area contributed by atoms with Gasteiger partial charge in [0.1, 0.15) is 6.04 Å². The highest BCUT2D eigenvalue weighted by Gasteiger charge is 2.25. The fraction of sp³-hybridized carbons (Fsp3) is 0.467. The molecule has 1 rings (SSSR count). The Hall–Kier alpha value is -1.93. The second kappa shape index (κ2) is 7.10. The van der Waals surface area contributed by atoms with E-state index in [0.717, 1.165) is 4.90 Å². The highest BCUT2D eigenvalue weighted by molar-refractivity contribution is 7.89. The van der Waals surface area contributed by atoms with Crippen LogP contribution in [0.2, 0.25) is 0 Å². The van der Waals surface area contributed by atoms with Crippen LogP contribution in [-0.2, 0) is 14.8 Å². The van der Waals surface area contributed by atoms with E-state index in [2.05, 4.69) is 0 Å². The fourth-order valence-electron chi connectivity index (χ4n) is 1.76. The van der Waals surface area contributed by atoms with E-state index in [1.54, 1.807) is 13.8 Å². The molecule has 1 N–H and O–H groups in total. The molecule has 0 aromatic heterocycles. The van der Waals surface area contributed by atoms with Gasteiger partial charge in [0, 0.05) is 25.7 Å². The Bertz CT molecular complexity index is 682. The first-order valence-electron chi connectivity index (χ1n) is 7.08. The van der Waals surface area contributed by atoms with Crippen LogP contribution in [0.25, 0.3) is 0 Å². The third-order valence-electron chi connectivity index (χ3n) is 3.76. The molecule has 0 saturated carbocycles. The molecular weight excluding hydrogens is 320 g/mol. The predicted molar refractivity (Wildman–Crippen MR) is 85.7 cm³/mol. The highest BCUT2D eigenvalue weighted by Crippen LogP contribution is 2.18. The lowest BCUT2D eigenvalue weighted by molar-refractivity contribution is -0.141. The summed E-state index contributed by atoms with van der Waals surface area (Å²) in [5.41, 5.74) is 0.228. The lowest BCUT2D eigenvalue weighted by atomic mass is 10.2. The normalized spacial score (nSPS) is 13.2. The smallest absolute Gasteiger partial charge is 0.326 e. The number of carbonyl (C=O) groups excluding carboxylic acids is 1. The van der Waals surface area contributed by atoms with E-state index in [1.165, 1.54) is 49.6 Å². The van der Waals surface area contributed by atoms with E-state index < -0.39 is 27.9 Å². The monoisotopic (exact) mass is 342 g/mol. The molecule has 0 fully saturated rings. The molecule has 0 aliphatic rings. The third-order valence-corrected chi connectivity index (χ3v) is 5.81. The summed E-state index contributed by atoms with van der Waals surface area (Å²) in [6.45, 7) is 4.92. The minimum Gasteiger partial charge on any atom is -0.480 e. The van der Waals surface area contributed by atoms with E-state index in [9.17, 15) is 18.0 Å². The standard InChI is InChI=1S/C15H22N2O5S/c1-10(2)17(5)23(21,22)13-8-6-12(7-9-13)14(18)16(4)11(3)15(19)20/h6-11H,1-5H3,(H,19,20). The molecule has 7 nitrogen and oxygen atoms in total. The van der Waals surface area contributed by atoms with Gasteiger partial charge in [0.15, 0.2) is 0 Å². The highest BCUT2D eigenvalue weighted by atomic mass is 32.2. The van der Waals surface area contributed by atoms with Crippen molar-refractivity contribution >= 4 is 21.9 Å². The Balaban J connectivity index is 3.06. The third kappa shape index (κ3) is 4.08. The summed E-state index contributed by atoms with van der Waals surface area (Å²) in [5, 5.41) is 8.93. The molecule has 0 radical (unpaired) electrons. The van der Waals surface area contributed by atoms with Crippen LogP contribution in [0.1, 0.15) is 31.1 Å². The van der Waals surface area contributed by atoms with Crippen molar-refractivity contribution < 1.29 is 23.1 Å². The summed E-state index contributed by atoms with van der Waals surface area (Å²) in [6, 6.07) is 4.30. The van der Waals surface area contributed by atoms with Crippen LogP contribution in [0, 0.1) is 0 Å². The van der Waals surface area contributed by atoms with Crippen LogP contribution in [-0.4, -0.2) is 60.8 Å². The topological polar surface area (TPSA) is 95.0 Å². The van der Waals surface area contributed by atoms with Crippen LogP contribution in [0.15, 0.2) is 29.2 Å².